The van der Waals surface area contributed by atoms with Crippen molar-refractivity contribution in [1.29, 1.82) is 0 Å². The summed E-state index contributed by atoms with van der Waals surface area (Å²) in [4.78, 5) is 46.0. The van der Waals surface area contributed by atoms with Crippen molar-refractivity contribution in [2.24, 2.45) is 0 Å². The molecule has 338 valence electrons. The number of ether oxygens (including phenoxy) is 1. The van der Waals surface area contributed by atoms with Crippen LogP contribution >= 0.6 is 7.82 Å². The summed E-state index contributed by atoms with van der Waals surface area (Å²) >= 11 is 0. The first-order chi connectivity index (χ1) is 27.6. The summed E-state index contributed by atoms with van der Waals surface area (Å²) in [5, 5.41) is 21.9. The number of aliphatic carboxylic acids is 1. The fourth-order valence-corrected chi connectivity index (χ4v) is 7.74. The van der Waals surface area contributed by atoms with Crippen LogP contribution in [0.25, 0.3) is 0 Å². The first kappa shape index (κ1) is 55.5. The number of nitrogens with one attached hydrogen (secondary N) is 1. The number of esters is 1. The number of carbonyl (C=O) groups is 3. The Hall–Kier alpha value is -1.52. The lowest BCUT2D eigenvalue weighted by molar-refractivity contribution is -0.147. The van der Waals surface area contributed by atoms with Gasteiger partial charge < -0.3 is 25.2 Å². The molecule has 0 radical (unpaired) electrons. The molecule has 4 N–H and O–H groups in total. The zero-order valence-corrected chi connectivity index (χ0v) is 37.6. The summed E-state index contributed by atoms with van der Waals surface area (Å²) in [5.41, 5.74) is 0. The van der Waals surface area contributed by atoms with Gasteiger partial charge in [-0.3, -0.25) is 18.6 Å². The molecule has 0 aromatic heterocycles. The number of amides is 1. The highest BCUT2D eigenvalue weighted by atomic mass is 31.2. The van der Waals surface area contributed by atoms with E-state index in [2.05, 4.69) is 19.2 Å². The number of carbonyl (C=O) groups excluding carboxylic acids is 2. The molecule has 0 rings (SSSR count). The smallest absolute Gasteiger partial charge is 0.472 e. The molecule has 0 fully saturated rings. The molecular formula is C45H88NO10P. The summed E-state index contributed by atoms with van der Waals surface area (Å²) in [7, 11) is -4.75. The van der Waals surface area contributed by atoms with Crippen LogP contribution < -0.4 is 5.32 Å². The van der Waals surface area contributed by atoms with Gasteiger partial charge in [0.15, 0.2) is 6.04 Å². The van der Waals surface area contributed by atoms with E-state index in [4.69, 9.17) is 13.8 Å². The number of aliphatic hydroxyl groups is 1. The van der Waals surface area contributed by atoms with Crippen LogP contribution in [-0.2, 0) is 32.7 Å². The third kappa shape index (κ3) is 41.0. The van der Waals surface area contributed by atoms with Gasteiger partial charge in [-0.25, -0.2) is 9.36 Å². The van der Waals surface area contributed by atoms with E-state index in [-0.39, 0.29) is 12.8 Å². The van der Waals surface area contributed by atoms with Gasteiger partial charge in [-0.2, -0.15) is 0 Å². The van der Waals surface area contributed by atoms with Crippen molar-refractivity contribution in [2.45, 2.75) is 251 Å². The second kappa shape index (κ2) is 41.2. The minimum absolute atomic E-state index is 0.153. The minimum Gasteiger partial charge on any atom is -0.480 e. The summed E-state index contributed by atoms with van der Waals surface area (Å²) < 4.78 is 26.9. The first-order valence-electron chi connectivity index (χ1n) is 23.6. The van der Waals surface area contributed by atoms with E-state index in [1.807, 2.05) is 0 Å². The third-order valence-electron chi connectivity index (χ3n) is 10.6. The highest BCUT2D eigenvalue weighted by molar-refractivity contribution is 7.47. The molecule has 57 heavy (non-hydrogen) atoms. The molecule has 0 spiro atoms. The fraction of sp³-hybridized carbons (Fsp3) is 0.933. The molecule has 0 aliphatic rings. The van der Waals surface area contributed by atoms with E-state index in [0.717, 1.165) is 38.5 Å². The molecule has 0 aliphatic carbocycles. The number of hydrogen-bond donors (Lipinski definition) is 4. The Morgan fingerprint density at radius 3 is 1.16 bits per heavy atom. The van der Waals surface area contributed by atoms with Gasteiger partial charge in [-0.05, 0) is 12.8 Å². The monoisotopic (exact) mass is 834 g/mol. The Kier molecular flexibility index (Phi) is 40.1. The fourth-order valence-electron chi connectivity index (χ4n) is 6.96. The van der Waals surface area contributed by atoms with E-state index in [1.54, 1.807) is 0 Å². The van der Waals surface area contributed by atoms with Gasteiger partial charge in [0.25, 0.3) is 0 Å². The average Bonchev–Trinajstić information content (AvgIpc) is 3.18. The summed E-state index contributed by atoms with van der Waals surface area (Å²) in [5.74, 6) is -2.35. The van der Waals surface area contributed by atoms with Crippen LogP contribution in [0.15, 0.2) is 0 Å². The zero-order chi connectivity index (χ0) is 42.1. The Labute approximate surface area is 348 Å². The molecule has 0 bridgehead atoms. The summed E-state index contributed by atoms with van der Waals surface area (Å²) in [6.07, 6.45) is 39.8. The molecule has 11 nitrogen and oxygen atoms in total. The van der Waals surface area contributed by atoms with Crippen molar-refractivity contribution < 1.29 is 47.8 Å². The van der Waals surface area contributed by atoms with Crippen LogP contribution in [0.2, 0.25) is 0 Å². The van der Waals surface area contributed by atoms with Gasteiger partial charge in [0, 0.05) is 12.8 Å². The first-order valence-corrected chi connectivity index (χ1v) is 25.1. The number of carboxylic acids is 1. The lowest BCUT2D eigenvalue weighted by atomic mass is 10.0. The van der Waals surface area contributed by atoms with Crippen molar-refractivity contribution in [3.8, 4) is 0 Å². The number of aliphatic hydroxyl groups excluding tert-OH is 1. The Morgan fingerprint density at radius 1 is 0.491 bits per heavy atom. The van der Waals surface area contributed by atoms with Gasteiger partial charge in [-0.15, -0.1) is 0 Å². The van der Waals surface area contributed by atoms with Crippen LogP contribution in [0.5, 0.6) is 0 Å². The van der Waals surface area contributed by atoms with Crippen LogP contribution in [0.1, 0.15) is 239 Å². The molecule has 1 amide bonds. The van der Waals surface area contributed by atoms with E-state index in [0.29, 0.717) is 12.8 Å². The van der Waals surface area contributed by atoms with Crippen LogP contribution in [0, 0.1) is 0 Å². The minimum atomic E-state index is -4.75. The second-order valence-electron chi connectivity index (χ2n) is 16.3. The molecule has 0 saturated carbocycles. The van der Waals surface area contributed by atoms with Gasteiger partial charge in [-0.1, -0.05) is 213 Å². The van der Waals surface area contributed by atoms with Gasteiger partial charge >= 0.3 is 19.8 Å². The van der Waals surface area contributed by atoms with Crippen LogP contribution in [-0.4, -0.2) is 64.9 Å². The van der Waals surface area contributed by atoms with Gasteiger partial charge in [0.05, 0.1) is 13.2 Å². The highest BCUT2D eigenvalue weighted by Gasteiger charge is 2.28. The average molecular weight is 834 g/mol. The lowest BCUT2D eigenvalue weighted by Crippen LogP contribution is -2.43. The number of unbranched alkanes of at least 4 members (excludes halogenated alkanes) is 31. The Bertz CT molecular complexity index is 984. The molecule has 3 unspecified atom stereocenters. The summed E-state index contributed by atoms with van der Waals surface area (Å²) in [6, 6.07) is -1.54. The molecule has 0 aromatic carbocycles. The van der Waals surface area contributed by atoms with Crippen molar-refractivity contribution in [2.75, 3.05) is 19.8 Å². The standard InChI is InChI=1S/C45H88NO10P/c1-3-5-7-9-11-13-15-17-19-20-21-22-23-24-26-28-30-32-34-36-43(48)46-42(45(50)51)40-56-57(52,53)55-39-41(47)38-54-44(49)37-35-33-31-29-27-25-18-16-14-12-10-8-6-4-2/h41-42,47H,3-40H2,1-2H3,(H,46,48)(H,50,51)(H,52,53). The molecule has 0 heterocycles. The van der Waals surface area contributed by atoms with E-state index < -0.39 is 57.6 Å². The van der Waals surface area contributed by atoms with Gasteiger partial charge in [0.2, 0.25) is 5.91 Å². The van der Waals surface area contributed by atoms with Crippen molar-refractivity contribution >= 4 is 25.7 Å². The third-order valence-corrected chi connectivity index (χ3v) is 11.6. The molecular weight excluding hydrogens is 745 g/mol. The maximum atomic E-state index is 12.3. The number of phosphoric ester groups is 1. The predicted octanol–water partition coefficient (Wildman–Crippen LogP) is 12.3. The van der Waals surface area contributed by atoms with Crippen LogP contribution in [0.4, 0.5) is 0 Å². The molecule has 0 aliphatic heterocycles. The predicted molar refractivity (Wildman–Crippen MR) is 231 cm³/mol. The van der Waals surface area contributed by atoms with Crippen molar-refractivity contribution in [1.82, 2.24) is 5.32 Å². The lowest BCUT2D eigenvalue weighted by Gasteiger charge is -2.18. The number of hydrogen-bond acceptors (Lipinski definition) is 8. The highest BCUT2D eigenvalue weighted by Crippen LogP contribution is 2.43. The Morgan fingerprint density at radius 2 is 0.807 bits per heavy atom. The van der Waals surface area contributed by atoms with E-state index >= 15 is 0 Å². The molecule has 0 aromatic rings. The largest absolute Gasteiger partial charge is 0.480 e. The number of carboxylic acid groups (broad SMARTS) is 1. The summed E-state index contributed by atoms with van der Waals surface area (Å²) in [6.45, 7) is 2.63. The van der Waals surface area contributed by atoms with Crippen LogP contribution in [0.3, 0.4) is 0 Å². The number of rotatable bonds is 45. The van der Waals surface area contributed by atoms with Crippen molar-refractivity contribution in [3.63, 3.8) is 0 Å². The topological polar surface area (TPSA) is 169 Å². The Balaban J connectivity index is 3.83. The SMILES string of the molecule is CCCCCCCCCCCCCCCCCCCCCC(=O)NC(COP(=O)(O)OCC(O)COC(=O)CCCCCCCCCCCCCCCC)C(=O)O. The van der Waals surface area contributed by atoms with Gasteiger partial charge in [0.1, 0.15) is 12.7 Å². The maximum absolute atomic E-state index is 12.3. The van der Waals surface area contributed by atoms with Crippen molar-refractivity contribution in [3.05, 3.63) is 0 Å². The molecule has 12 heteroatoms. The molecule has 3 atom stereocenters. The quantitative estimate of drug-likeness (QED) is 0.0263. The maximum Gasteiger partial charge on any atom is 0.472 e. The van der Waals surface area contributed by atoms with E-state index in [1.165, 1.54) is 161 Å². The number of phosphoric acid groups is 1. The second-order valence-corrected chi connectivity index (χ2v) is 17.8. The van der Waals surface area contributed by atoms with E-state index in [9.17, 15) is 34.1 Å². The zero-order valence-electron chi connectivity index (χ0n) is 36.7. The molecule has 0 saturated heterocycles. The normalized spacial score (nSPS) is 13.6.